The van der Waals surface area contributed by atoms with Gasteiger partial charge in [0.2, 0.25) is 11.8 Å². The Balaban J connectivity index is 1.94. The molecule has 0 fully saturated rings. The van der Waals surface area contributed by atoms with Crippen LogP contribution in [0.5, 0.6) is 11.5 Å². The van der Waals surface area contributed by atoms with Gasteiger partial charge in [0.1, 0.15) is 6.42 Å². The van der Waals surface area contributed by atoms with E-state index in [1.54, 1.807) is 31.4 Å². The minimum absolute atomic E-state index is 0.330. The molecule has 0 aliphatic carbocycles. The number of hydrazone groups is 1. The van der Waals surface area contributed by atoms with Crippen molar-refractivity contribution < 1.29 is 19.1 Å². The molecule has 0 heterocycles. The maximum Gasteiger partial charge on any atom is 0.249 e. The van der Waals surface area contributed by atoms with Crippen molar-refractivity contribution in [1.29, 1.82) is 0 Å². The van der Waals surface area contributed by atoms with Crippen LogP contribution in [0.3, 0.4) is 0 Å². The average Bonchev–Trinajstić information content (AvgIpc) is 2.68. The highest BCUT2D eigenvalue weighted by molar-refractivity contribution is 6.04. The summed E-state index contributed by atoms with van der Waals surface area (Å²) in [7, 11) is 1.56. The molecule has 7 nitrogen and oxygen atoms in total. The van der Waals surface area contributed by atoms with Crippen LogP contribution < -0.4 is 20.2 Å². The number of hydrogen-bond acceptors (Lipinski definition) is 5. The number of rotatable bonds is 9. The summed E-state index contributed by atoms with van der Waals surface area (Å²) in [5.74, 6) is 0.222. The third kappa shape index (κ3) is 6.12. The summed E-state index contributed by atoms with van der Waals surface area (Å²) in [5, 5.41) is 6.63. The number of carbonyl (C=O) groups excluding carboxylic acids is 2. The van der Waals surface area contributed by atoms with Gasteiger partial charge in [-0.1, -0.05) is 31.2 Å². The lowest BCUT2D eigenvalue weighted by Gasteiger charge is -2.12. The first-order chi connectivity index (χ1) is 13.5. The van der Waals surface area contributed by atoms with Crippen molar-refractivity contribution in [2.45, 2.75) is 26.7 Å². The topological polar surface area (TPSA) is 89.0 Å². The number of benzene rings is 2. The highest BCUT2D eigenvalue weighted by Crippen LogP contribution is 2.30. The van der Waals surface area contributed by atoms with E-state index in [0.717, 1.165) is 12.0 Å². The number of hydrogen-bond donors (Lipinski definition) is 2. The number of para-hydroxylation sites is 2. The minimum atomic E-state index is -0.513. The Morgan fingerprint density at radius 2 is 1.89 bits per heavy atom. The molecule has 0 bridgehead atoms. The quantitative estimate of drug-likeness (QED) is 0.395. The molecule has 0 saturated carbocycles. The Kier molecular flexibility index (Phi) is 8.02. The normalized spacial score (nSPS) is 10.5. The summed E-state index contributed by atoms with van der Waals surface area (Å²) in [6, 6.07) is 12.8. The van der Waals surface area contributed by atoms with Gasteiger partial charge in [-0.25, -0.2) is 5.43 Å². The molecule has 0 aromatic heterocycles. The van der Waals surface area contributed by atoms with E-state index in [1.165, 1.54) is 6.21 Å². The van der Waals surface area contributed by atoms with Crippen LogP contribution in [0.2, 0.25) is 0 Å². The van der Waals surface area contributed by atoms with Crippen molar-refractivity contribution in [2.24, 2.45) is 5.10 Å². The summed E-state index contributed by atoms with van der Waals surface area (Å²) < 4.78 is 11.0. The second-order valence-corrected chi connectivity index (χ2v) is 6.06. The van der Waals surface area contributed by atoms with Crippen LogP contribution in [0.25, 0.3) is 0 Å². The summed E-state index contributed by atoms with van der Waals surface area (Å²) in [6.45, 7) is 4.42. The van der Waals surface area contributed by atoms with Crippen molar-refractivity contribution >= 4 is 23.7 Å². The zero-order valence-corrected chi connectivity index (χ0v) is 16.3. The molecule has 2 aromatic carbocycles. The lowest BCUT2D eigenvalue weighted by atomic mass is 10.2. The highest BCUT2D eigenvalue weighted by Gasteiger charge is 2.11. The molecule has 0 spiro atoms. The van der Waals surface area contributed by atoms with E-state index in [4.69, 9.17) is 9.47 Å². The maximum atomic E-state index is 12.0. The number of anilines is 1. The van der Waals surface area contributed by atoms with Crippen LogP contribution >= 0.6 is 0 Å². The van der Waals surface area contributed by atoms with Gasteiger partial charge < -0.3 is 14.8 Å². The van der Waals surface area contributed by atoms with Gasteiger partial charge in [-0.2, -0.15) is 5.10 Å². The molecule has 0 aliphatic rings. The second-order valence-electron chi connectivity index (χ2n) is 6.06. The zero-order chi connectivity index (χ0) is 20.4. The average molecular weight is 383 g/mol. The van der Waals surface area contributed by atoms with Gasteiger partial charge >= 0.3 is 0 Å². The summed E-state index contributed by atoms with van der Waals surface area (Å²) in [5.41, 5.74) is 4.62. The smallest absolute Gasteiger partial charge is 0.249 e. The number of nitrogens with one attached hydrogen (secondary N) is 2. The molecule has 7 heteroatoms. The molecule has 148 valence electrons. The number of carbonyl (C=O) groups is 2. The molecule has 2 rings (SSSR count). The lowest BCUT2D eigenvalue weighted by Crippen LogP contribution is -2.24. The van der Waals surface area contributed by atoms with Crippen LogP contribution in [-0.4, -0.2) is 31.7 Å². The van der Waals surface area contributed by atoms with E-state index in [0.29, 0.717) is 29.4 Å². The summed E-state index contributed by atoms with van der Waals surface area (Å²) >= 11 is 0. The van der Waals surface area contributed by atoms with Gasteiger partial charge in [0.05, 0.1) is 19.9 Å². The van der Waals surface area contributed by atoms with Crippen LogP contribution in [0.4, 0.5) is 5.69 Å². The number of ether oxygens (including phenoxy) is 2. The molecule has 0 atom stereocenters. The van der Waals surface area contributed by atoms with Crippen molar-refractivity contribution in [2.75, 3.05) is 19.0 Å². The molecule has 2 aromatic rings. The summed E-state index contributed by atoms with van der Waals surface area (Å²) in [4.78, 5) is 24.0. The maximum absolute atomic E-state index is 12.0. The second kappa shape index (κ2) is 10.7. The van der Waals surface area contributed by atoms with Gasteiger partial charge in [-0.05, 0) is 37.1 Å². The van der Waals surface area contributed by atoms with Crippen LogP contribution in [-0.2, 0) is 9.59 Å². The van der Waals surface area contributed by atoms with Crippen molar-refractivity contribution in [3.05, 3.63) is 53.6 Å². The first-order valence-corrected chi connectivity index (χ1v) is 9.02. The predicted molar refractivity (Wildman–Crippen MR) is 109 cm³/mol. The largest absolute Gasteiger partial charge is 0.493 e. The Morgan fingerprint density at radius 1 is 1.11 bits per heavy atom. The van der Waals surface area contributed by atoms with Gasteiger partial charge in [-0.15, -0.1) is 0 Å². The van der Waals surface area contributed by atoms with Crippen molar-refractivity contribution in [1.82, 2.24) is 5.43 Å². The summed E-state index contributed by atoms with van der Waals surface area (Å²) in [6.07, 6.45) is 1.98. The fraction of sp³-hybridized carbons (Fsp3) is 0.286. The fourth-order valence-electron chi connectivity index (χ4n) is 2.42. The Morgan fingerprint density at radius 3 is 2.61 bits per heavy atom. The first-order valence-electron chi connectivity index (χ1n) is 9.02. The minimum Gasteiger partial charge on any atom is -0.493 e. The number of nitrogens with zero attached hydrogens (tertiary/aromatic N) is 1. The molecule has 0 saturated heterocycles. The fourth-order valence-corrected chi connectivity index (χ4v) is 2.42. The molecular formula is C21H25N3O4. The molecule has 28 heavy (non-hydrogen) atoms. The van der Waals surface area contributed by atoms with Crippen LogP contribution in [0, 0.1) is 6.92 Å². The molecule has 0 radical (unpaired) electrons. The SMILES string of the molecule is CCCOc1c(C=NNC(=O)CC(=O)Nc2ccccc2C)cccc1OC. The number of aryl methyl sites for hydroxylation is 1. The van der Waals surface area contributed by atoms with E-state index >= 15 is 0 Å². The van der Waals surface area contributed by atoms with Crippen molar-refractivity contribution in [3.63, 3.8) is 0 Å². The lowest BCUT2D eigenvalue weighted by molar-refractivity contribution is -0.126. The third-order valence-electron chi connectivity index (χ3n) is 3.81. The Bertz CT molecular complexity index is 849. The molecular weight excluding hydrogens is 358 g/mol. The molecule has 2 amide bonds. The van der Waals surface area contributed by atoms with Crippen molar-refractivity contribution in [3.8, 4) is 11.5 Å². The van der Waals surface area contributed by atoms with Gasteiger partial charge in [0.15, 0.2) is 11.5 Å². The monoisotopic (exact) mass is 383 g/mol. The zero-order valence-electron chi connectivity index (χ0n) is 16.3. The predicted octanol–water partition coefficient (Wildman–Crippen LogP) is 3.27. The Hall–Kier alpha value is -3.35. The van der Waals surface area contributed by atoms with E-state index in [1.807, 2.05) is 32.0 Å². The van der Waals surface area contributed by atoms with E-state index < -0.39 is 11.8 Å². The Labute approximate surface area is 164 Å². The molecule has 0 aliphatic heterocycles. The molecule has 2 N–H and O–H groups in total. The highest BCUT2D eigenvalue weighted by atomic mass is 16.5. The number of amides is 2. The van der Waals surface area contributed by atoms with Gasteiger partial charge in [0, 0.05) is 11.3 Å². The first kappa shape index (κ1) is 21.0. The molecule has 0 unspecified atom stereocenters. The van der Waals surface area contributed by atoms with Crippen LogP contribution in [0.15, 0.2) is 47.6 Å². The van der Waals surface area contributed by atoms with Gasteiger partial charge in [-0.3, -0.25) is 9.59 Å². The van der Waals surface area contributed by atoms with Gasteiger partial charge in [0.25, 0.3) is 0 Å². The van der Waals surface area contributed by atoms with E-state index in [9.17, 15) is 9.59 Å². The van der Waals surface area contributed by atoms with E-state index in [-0.39, 0.29) is 6.42 Å². The number of methoxy groups -OCH3 is 1. The standard InChI is InChI=1S/C21H25N3O4/c1-4-12-28-21-16(9-7-11-18(21)27-3)14-22-24-20(26)13-19(25)23-17-10-6-5-8-15(17)2/h5-11,14H,4,12-13H2,1-3H3,(H,23,25)(H,24,26). The third-order valence-corrected chi connectivity index (χ3v) is 3.81. The van der Waals surface area contributed by atoms with Crippen LogP contribution in [0.1, 0.15) is 30.9 Å². The van der Waals surface area contributed by atoms with E-state index in [2.05, 4.69) is 15.8 Å².